The van der Waals surface area contributed by atoms with E-state index in [-0.39, 0.29) is 17.7 Å². The van der Waals surface area contributed by atoms with Gasteiger partial charge in [-0.15, -0.1) is 0 Å². The lowest BCUT2D eigenvalue weighted by Crippen LogP contribution is -2.25. The van der Waals surface area contributed by atoms with Crippen molar-refractivity contribution in [3.63, 3.8) is 0 Å². The van der Waals surface area contributed by atoms with E-state index in [1.54, 1.807) is 0 Å². The van der Waals surface area contributed by atoms with Crippen LogP contribution in [0.15, 0.2) is 6.07 Å². The van der Waals surface area contributed by atoms with Crippen LogP contribution in [0.4, 0.5) is 8.78 Å². The molecule has 1 saturated carbocycles. The third-order valence-corrected chi connectivity index (χ3v) is 2.87. The van der Waals surface area contributed by atoms with Crippen LogP contribution in [0.1, 0.15) is 18.4 Å². The van der Waals surface area contributed by atoms with Crippen molar-refractivity contribution in [3.05, 3.63) is 23.3 Å². The average Bonchev–Trinajstić information content (AvgIpc) is 2.97. The molecule has 3 nitrogen and oxygen atoms in total. The lowest BCUT2D eigenvalue weighted by atomic mass is 10.0. The second-order valence-electron chi connectivity index (χ2n) is 4.25. The van der Waals surface area contributed by atoms with Crippen molar-refractivity contribution in [1.29, 1.82) is 0 Å². The van der Waals surface area contributed by atoms with E-state index >= 15 is 0 Å². The summed E-state index contributed by atoms with van der Waals surface area (Å²) in [6.07, 6.45) is 1.91. The van der Waals surface area contributed by atoms with Gasteiger partial charge in [-0.1, -0.05) is 0 Å². The molecule has 0 heterocycles. The largest absolute Gasteiger partial charge is 0.503 e. The predicted molar refractivity (Wildman–Crippen MR) is 54.4 cm³/mol. The predicted octanol–water partition coefficient (Wildman–Crippen LogP) is 1.71. The topological polar surface area (TPSA) is 55.5 Å². The summed E-state index contributed by atoms with van der Waals surface area (Å²) in [6.45, 7) is 0. The fourth-order valence-corrected chi connectivity index (χ4v) is 1.64. The van der Waals surface area contributed by atoms with Crippen molar-refractivity contribution < 1.29 is 18.6 Å². The van der Waals surface area contributed by atoms with Gasteiger partial charge in [0, 0.05) is 5.54 Å². The molecule has 5 heteroatoms. The van der Waals surface area contributed by atoms with E-state index in [1.807, 2.05) is 0 Å². The van der Waals surface area contributed by atoms with E-state index in [0.29, 0.717) is 0 Å². The number of aromatic hydroxyl groups is 1. The summed E-state index contributed by atoms with van der Waals surface area (Å²) in [4.78, 5) is 0. The minimum atomic E-state index is -1.08. The number of nitrogens with two attached hydrogens (primary N) is 1. The quantitative estimate of drug-likeness (QED) is 0.829. The van der Waals surface area contributed by atoms with Crippen molar-refractivity contribution in [2.24, 2.45) is 5.73 Å². The summed E-state index contributed by atoms with van der Waals surface area (Å²) < 4.78 is 31.5. The number of phenolic OH excluding ortho intramolecular Hbond substituents is 1. The van der Waals surface area contributed by atoms with Gasteiger partial charge in [-0.05, 0) is 30.9 Å². The van der Waals surface area contributed by atoms with E-state index in [1.165, 1.54) is 13.2 Å². The number of hydrogen-bond donors (Lipinski definition) is 2. The highest BCUT2D eigenvalue weighted by molar-refractivity contribution is 5.42. The Morgan fingerprint density at radius 3 is 2.56 bits per heavy atom. The number of methoxy groups -OCH3 is 1. The molecule has 3 N–H and O–H groups in total. The fraction of sp³-hybridized carbons (Fsp3) is 0.455. The molecule has 1 aliphatic carbocycles. The van der Waals surface area contributed by atoms with E-state index in [2.05, 4.69) is 0 Å². The Kier molecular flexibility index (Phi) is 2.50. The summed E-state index contributed by atoms with van der Waals surface area (Å²) in [7, 11) is 1.26. The molecule has 1 aromatic rings. The van der Waals surface area contributed by atoms with E-state index in [4.69, 9.17) is 10.5 Å². The first-order valence-electron chi connectivity index (χ1n) is 4.99. The molecule has 0 radical (unpaired) electrons. The first-order valence-corrected chi connectivity index (χ1v) is 4.99. The van der Waals surface area contributed by atoms with Crippen LogP contribution in [0.3, 0.4) is 0 Å². The summed E-state index contributed by atoms with van der Waals surface area (Å²) in [5, 5.41) is 9.25. The van der Waals surface area contributed by atoms with E-state index in [0.717, 1.165) is 12.8 Å². The lowest BCUT2D eigenvalue weighted by Gasteiger charge is -2.12. The average molecular weight is 229 g/mol. The van der Waals surface area contributed by atoms with Crippen LogP contribution in [0.25, 0.3) is 0 Å². The van der Waals surface area contributed by atoms with Gasteiger partial charge in [0.1, 0.15) is 0 Å². The number of rotatable bonds is 3. The second kappa shape index (κ2) is 3.59. The Morgan fingerprint density at radius 1 is 1.44 bits per heavy atom. The number of halogens is 2. The SMILES string of the molecule is COc1cc(CC2(N)CC2)c(F)c(O)c1F. The Hall–Kier alpha value is -1.36. The zero-order chi connectivity index (χ0) is 11.9. The first-order chi connectivity index (χ1) is 7.47. The Bertz CT molecular complexity index is 430. The van der Waals surface area contributed by atoms with Gasteiger partial charge in [0.25, 0.3) is 0 Å². The zero-order valence-corrected chi connectivity index (χ0v) is 8.89. The molecule has 0 amide bonds. The van der Waals surface area contributed by atoms with Crippen molar-refractivity contribution in [2.45, 2.75) is 24.8 Å². The van der Waals surface area contributed by atoms with Crippen LogP contribution >= 0.6 is 0 Å². The minimum absolute atomic E-state index is 0.168. The molecule has 1 aliphatic rings. The van der Waals surface area contributed by atoms with Gasteiger partial charge in [-0.25, -0.2) is 4.39 Å². The van der Waals surface area contributed by atoms with Crippen LogP contribution in [0, 0.1) is 11.6 Å². The summed E-state index contributed by atoms with van der Waals surface area (Å²) in [5.74, 6) is -3.20. The van der Waals surface area contributed by atoms with Crippen molar-refractivity contribution in [3.8, 4) is 11.5 Å². The van der Waals surface area contributed by atoms with Gasteiger partial charge in [-0.3, -0.25) is 0 Å². The number of phenols is 1. The molecule has 88 valence electrons. The second-order valence-corrected chi connectivity index (χ2v) is 4.25. The third kappa shape index (κ3) is 1.82. The molecule has 1 fully saturated rings. The maximum absolute atomic E-state index is 13.5. The third-order valence-electron chi connectivity index (χ3n) is 2.87. The van der Waals surface area contributed by atoms with Gasteiger partial charge < -0.3 is 15.6 Å². The molecular formula is C11H13F2NO2. The summed E-state index contributed by atoms with van der Waals surface area (Å²) in [5.41, 5.74) is 5.63. The van der Waals surface area contributed by atoms with Gasteiger partial charge in [-0.2, -0.15) is 4.39 Å². The van der Waals surface area contributed by atoms with Crippen LogP contribution in [-0.2, 0) is 6.42 Å². The highest BCUT2D eigenvalue weighted by Gasteiger charge is 2.39. The van der Waals surface area contributed by atoms with Crippen molar-refractivity contribution in [1.82, 2.24) is 0 Å². The minimum Gasteiger partial charge on any atom is -0.503 e. The number of ether oxygens (including phenoxy) is 1. The van der Waals surface area contributed by atoms with Crippen LogP contribution in [0.2, 0.25) is 0 Å². The normalized spacial score (nSPS) is 17.2. The molecule has 1 aromatic carbocycles. The van der Waals surface area contributed by atoms with Gasteiger partial charge in [0.15, 0.2) is 17.3 Å². The van der Waals surface area contributed by atoms with E-state index < -0.39 is 22.9 Å². The Morgan fingerprint density at radius 2 is 2.06 bits per heavy atom. The molecule has 2 rings (SSSR count). The fourth-order valence-electron chi connectivity index (χ4n) is 1.64. The maximum atomic E-state index is 13.5. The van der Waals surface area contributed by atoms with Gasteiger partial charge >= 0.3 is 0 Å². The van der Waals surface area contributed by atoms with Crippen molar-refractivity contribution in [2.75, 3.05) is 7.11 Å². The summed E-state index contributed by atoms with van der Waals surface area (Å²) in [6, 6.07) is 1.25. The van der Waals surface area contributed by atoms with Crippen LogP contribution in [0.5, 0.6) is 11.5 Å². The highest BCUT2D eigenvalue weighted by Crippen LogP contribution is 2.39. The molecule has 16 heavy (non-hydrogen) atoms. The van der Waals surface area contributed by atoms with E-state index in [9.17, 15) is 13.9 Å². The number of benzene rings is 1. The first kappa shape index (κ1) is 11.1. The van der Waals surface area contributed by atoms with Gasteiger partial charge in [0.2, 0.25) is 5.82 Å². The number of hydrogen-bond acceptors (Lipinski definition) is 3. The summed E-state index contributed by atoms with van der Waals surface area (Å²) >= 11 is 0. The molecule has 0 aliphatic heterocycles. The van der Waals surface area contributed by atoms with Crippen molar-refractivity contribution >= 4 is 0 Å². The van der Waals surface area contributed by atoms with Gasteiger partial charge in [0.05, 0.1) is 7.11 Å². The molecule has 0 bridgehead atoms. The molecule has 0 saturated heterocycles. The monoisotopic (exact) mass is 229 g/mol. The molecule has 0 spiro atoms. The lowest BCUT2D eigenvalue weighted by molar-refractivity contribution is 0.347. The standard InChI is InChI=1S/C11H13F2NO2/c1-16-7-4-6(5-11(14)2-3-11)8(12)10(15)9(7)13/h4,15H,2-3,5,14H2,1H3. The molecule has 0 aromatic heterocycles. The van der Waals surface area contributed by atoms with Crippen LogP contribution in [-0.4, -0.2) is 17.8 Å². The zero-order valence-electron chi connectivity index (χ0n) is 8.89. The Balaban J connectivity index is 2.40. The smallest absolute Gasteiger partial charge is 0.209 e. The highest BCUT2D eigenvalue weighted by atomic mass is 19.1. The maximum Gasteiger partial charge on any atom is 0.209 e. The molecule has 0 unspecified atom stereocenters. The Labute approximate surface area is 91.8 Å². The molecular weight excluding hydrogens is 216 g/mol. The van der Waals surface area contributed by atoms with Crippen LogP contribution < -0.4 is 10.5 Å². The molecule has 0 atom stereocenters.